The minimum Gasteiger partial charge on any atom is -0.485 e. The van der Waals surface area contributed by atoms with Gasteiger partial charge in [-0.1, -0.05) is 42.5 Å². The van der Waals surface area contributed by atoms with Crippen molar-refractivity contribution >= 4 is 17.5 Å². The van der Waals surface area contributed by atoms with E-state index in [1.165, 1.54) is 0 Å². The molecule has 2 amide bonds. The van der Waals surface area contributed by atoms with Gasteiger partial charge >= 0.3 is 11.8 Å². The molecule has 0 unspecified atom stereocenters. The Bertz CT molecular complexity index is 772. The van der Waals surface area contributed by atoms with Crippen LogP contribution in [-0.4, -0.2) is 17.5 Å². The fraction of sp³-hybridized carbons (Fsp3) is 0.118. The van der Waals surface area contributed by atoms with Crippen LogP contribution in [0.25, 0.3) is 0 Å². The molecule has 0 aliphatic carbocycles. The van der Waals surface area contributed by atoms with Gasteiger partial charge in [-0.25, -0.2) is 5.43 Å². The number of nitrogens with two attached hydrogens (primary N) is 1. The number of rotatable bonds is 2. The van der Waals surface area contributed by atoms with E-state index in [-0.39, 0.29) is 6.10 Å². The Morgan fingerprint density at radius 3 is 2.52 bits per heavy atom. The SMILES string of the molecule is NC(=O)C(=O)N/N=C1/C[C@@H](c2ccccc2)Oc2ccccc21. The van der Waals surface area contributed by atoms with E-state index >= 15 is 0 Å². The van der Waals surface area contributed by atoms with Crippen molar-refractivity contribution in [2.24, 2.45) is 10.8 Å². The number of fused-ring (bicyclic) bond motifs is 1. The van der Waals surface area contributed by atoms with Gasteiger partial charge in [-0.15, -0.1) is 0 Å². The topological polar surface area (TPSA) is 93.8 Å². The summed E-state index contributed by atoms with van der Waals surface area (Å²) in [6.45, 7) is 0. The molecular weight excluding hydrogens is 294 g/mol. The molecule has 0 spiro atoms. The van der Waals surface area contributed by atoms with Crippen LogP contribution in [0.1, 0.15) is 23.7 Å². The van der Waals surface area contributed by atoms with E-state index in [0.29, 0.717) is 17.9 Å². The molecule has 2 aromatic rings. The first-order valence-corrected chi connectivity index (χ1v) is 7.12. The quantitative estimate of drug-likeness (QED) is 0.650. The number of nitrogens with one attached hydrogen (secondary N) is 1. The number of carbonyl (C=O) groups is 2. The molecule has 0 fully saturated rings. The number of nitrogens with zero attached hydrogens (tertiary/aromatic N) is 1. The van der Waals surface area contributed by atoms with Crippen molar-refractivity contribution in [2.45, 2.75) is 12.5 Å². The molecule has 1 heterocycles. The molecule has 0 saturated carbocycles. The van der Waals surface area contributed by atoms with E-state index in [1.54, 1.807) is 0 Å². The first kappa shape index (κ1) is 14.8. The number of carbonyl (C=O) groups excluding carboxylic acids is 2. The number of ether oxygens (including phenoxy) is 1. The molecule has 0 bridgehead atoms. The van der Waals surface area contributed by atoms with Crippen LogP contribution in [0, 0.1) is 0 Å². The lowest BCUT2D eigenvalue weighted by Crippen LogP contribution is -2.34. The van der Waals surface area contributed by atoms with E-state index in [9.17, 15) is 9.59 Å². The van der Waals surface area contributed by atoms with Crippen molar-refractivity contribution in [2.75, 3.05) is 0 Å². The third-order valence-corrected chi connectivity index (χ3v) is 3.53. The Morgan fingerprint density at radius 2 is 1.78 bits per heavy atom. The normalized spacial score (nSPS) is 17.9. The maximum absolute atomic E-state index is 11.3. The zero-order valence-electron chi connectivity index (χ0n) is 12.2. The highest BCUT2D eigenvalue weighted by Gasteiger charge is 2.26. The molecule has 0 saturated heterocycles. The summed E-state index contributed by atoms with van der Waals surface area (Å²) >= 11 is 0. The van der Waals surface area contributed by atoms with Crippen molar-refractivity contribution in [3.05, 3.63) is 65.7 Å². The highest BCUT2D eigenvalue weighted by atomic mass is 16.5. The molecule has 1 aliphatic rings. The average molecular weight is 309 g/mol. The van der Waals surface area contributed by atoms with E-state index < -0.39 is 11.8 Å². The lowest BCUT2D eigenvalue weighted by Gasteiger charge is -2.27. The Morgan fingerprint density at radius 1 is 1.09 bits per heavy atom. The van der Waals surface area contributed by atoms with Crippen LogP contribution in [0.3, 0.4) is 0 Å². The molecule has 23 heavy (non-hydrogen) atoms. The molecular formula is C17H15N3O3. The van der Waals surface area contributed by atoms with Gasteiger partial charge in [-0.05, 0) is 17.7 Å². The van der Waals surface area contributed by atoms with Gasteiger partial charge in [0.05, 0.1) is 5.71 Å². The fourth-order valence-corrected chi connectivity index (χ4v) is 2.42. The average Bonchev–Trinajstić information content (AvgIpc) is 2.59. The molecule has 1 aliphatic heterocycles. The molecule has 1 atom stereocenters. The number of hydrogen-bond acceptors (Lipinski definition) is 4. The van der Waals surface area contributed by atoms with Crippen molar-refractivity contribution in [3.8, 4) is 5.75 Å². The zero-order valence-corrected chi connectivity index (χ0v) is 12.2. The third-order valence-electron chi connectivity index (χ3n) is 3.53. The molecule has 0 radical (unpaired) electrons. The molecule has 3 rings (SSSR count). The van der Waals surface area contributed by atoms with Crippen LogP contribution in [0.5, 0.6) is 5.75 Å². The molecule has 116 valence electrons. The van der Waals surface area contributed by atoms with Gasteiger partial charge in [-0.2, -0.15) is 5.10 Å². The van der Waals surface area contributed by atoms with Crippen molar-refractivity contribution < 1.29 is 14.3 Å². The van der Waals surface area contributed by atoms with Crippen molar-refractivity contribution in [1.82, 2.24) is 5.43 Å². The van der Waals surface area contributed by atoms with Gasteiger partial charge in [0.15, 0.2) is 0 Å². The number of hydrazone groups is 1. The summed E-state index contributed by atoms with van der Waals surface area (Å²) in [7, 11) is 0. The summed E-state index contributed by atoms with van der Waals surface area (Å²) in [5.74, 6) is -1.34. The lowest BCUT2D eigenvalue weighted by molar-refractivity contribution is -0.137. The standard InChI is InChI=1S/C17H15N3O3/c18-16(21)17(22)20-19-13-10-15(11-6-2-1-3-7-11)23-14-9-5-4-8-12(13)14/h1-9,15H,10H2,(H2,18,21)(H,20,22)/b19-13-/t15-/m0/s1. The van der Waals surface area contributed by atoms with E-state index in [0.717, 1.165) is 11.1 Å². The molecule has 2 aromatic carbocycles. The Labute approximate surface area is 132 Å². The maximum atomic E-state index is 11.3. The summed E-state index contributed by atoms with van der Waals surface area (Å²) in [6, 6.07) is 17.2. The summed E-state index contributed by atoms with van der Waals surface area (Å²) in [6.07, 6.45) is 0.260. The van der Waals surface area contributed by atoms with Crippen LogP contribution in [-0.2, 0) is 9.59 Å². The highest BCUT2D eigenvalue weighted by Crippen LogP contribution is 2.34. The van der Waals surface area contributed by atoms with Gasteiger partial charge in [0.2, 0.25) is 0 Å². The molecule has 0 aromatic heterocycles. The molecule has 3 N–H and O–H groups in total. The Hall–Kier alpha value is -3.15. The summed E-state index contributed by atoms with van der Waals surface area (Å²) < 4.78 is 6.02. The predicted octanol–water partition coefficient (Wildman–Crippen LogP) is 1.52. The first-order valence-electron chi connectivity index (χ1n) is 7.12. The Kier molecular flexibility index (Phi) is 4.05. The maximum Gasteiger partial charge on any atom is 0.329 e. The third kappa shape index (κ3) is 3.21. The smallest absolute Gasteiger partial charge is 0.329 e. The zero-order chi connectivity index (χ0) is 16.2. The minimum absolute atomic E-state index is 0.213. The second-order valence-electron chi connectivity index (χ2n) is 5.08. The van der Waals surface area contributed by atoms with Crippen LogP contribution in [0.4, 0.5) is 0 Å². The molecule has 6 heteroatoms. The predicted molar refractivity (Wildman–Crippen MR) is 84.7 cm³/mol. The molecule has 6 nitrogen and oxygen atoms in total. The van der Waals surface area contributed by atoms with E-state index in [2.05, 4.69) is 10.5 Å². The first-order chi connectivity index (χ1) is 11.1. The lowest BCUT2D eigenvalue weighted by atomic mass is 9.96. The number of para-hydroxylation sites is 1. The monoisotopic (exact) mass is 309 g/mol. The number of hydrogen-bond donors (Lipinski definition) is 2. The van der Waals surface area contributed by atoms with Gasteiger partial charge in [-0.3, -0.25) is 9.59 Å². The minimum atomic E-state index is -1.07. The Balaban J connectivity index is 1.93. The van der Waals surface area contributed by atoms with Crippen LogP contribution >= 0.6 is 0 Å². The number of benzene rings is 2. The largest absolute Gasteiger partial charge is 0.485 e. The second-order valence-corrected chi connectivity index (χ2v) is 5.08. The van der Waals surface area contributed by atoms with E-state index in [1.807, 2.05) is 54.6 Å². The summed E-state index contributed by atoms with van der Waals surface area (Å²) in [5.41, 5.74) is 9.53. The van der Waals surface area contributed by atoms with Crippen molar-refractivity contribution in [3.63, 3.8) is 0 Å². The van der Waals surface area contributed by atoms with Gasteiger partial charge in [0.25, 0.3) is 0 Å². The van der Waals surface area contributed by atoms with Crippen LogP contribution in [0.2, 0.25) is 0 Å². The van der Waals surface area contributed by atoms with Gasteiger partial charge in [0.1, 0.15) is 11.9 Å². The van der Waals surface area contributed by atoms with Crippen LogP contribution < -0.4 is 15.9 Å². The van der Waals surface area contributed by atoms with Crippen LogP contribution in [0.15, 0.2) is 59.7 Å². The number of primary amides is 1. The van der Waals surface area contributed by atoms with Gasteiger partial charge < -0.3 is 10.5 Å². The van der Waals surface area contributed by atoms with Gasteiger partial charge in [0, 0.05) is 12.0 Å². The number of amides is 2. The second kappa shape index (κ2) is 6.31. The fourth-order valence-electron chi connectivity index (χ4n) is 2.42. The highest BCUT2D eigenvalue weighted by molar-refractivity contribution is 6.34. The summed E-state index contributed by atoms with van der Waals surface area (Å²) in [4.78, 5) is 22.1. The van der Waals surface area contributed by atoms with Crippen molar-refractivity contribution in [1.29, 1.82) is 0 Å². The summed E-state index contributed by atoms with van der Waals surface area (Å²) in [5, 5.41) is 4.06. The van der Waals surface area contributed by atoms with E-state index in [4.69, 9.17) is 10.5 Å².